The molecule has 3 rings (SSSR count). The molecule has 2 aliphatic rings. The molecule has 3 nitrogen and oxygen atoms in total. The zero-order valence-electron chi connectivity index (χ0n) is 11.2. The van der Waals surface area contributed by atoms with Gasteiger partial charge in [-0.2, -0.15) is 0 Å². The van der Waals surface area contributed by atoms with Gasteiger partial charge in [0.05, 0.1) is 0 Å². The molecule has 2 N–H and O–H groups in total. The molecule has 2 fully saturated rings. The van der Waals surface area contributed by atoms with Crippen molar-refractivity contribution in [1.82, 2.24) is 4.90 Å². The topological polar surface area (TPSA) is 46.3 Å². The number of nitrogens with zero attached hydrogens (tertiary/aromatic N) is 1. The highest BCUT2D eigenvalue weighted by Crippen LogP contribution is 2.38. The second kappa shape index (κ2) is 6.18. The van der Waals surface area contributed by atoms with Crippen LogP contribution in [0.2, 0.25) is 0 Å². The summed E-state index contributed by atoms with van der Waals surface area (Å²) in [5.74, 6) is -1.60. The van der Waals surface area contributed by atoms with Crippen LogP contribution in [0, 0.1) is 23.5 Å². The van der Waals surface area contributed by atoms with E-state index in [1.165, 1.54) is 4.90 Å². The third kappa shape index (κ3) is 2.94. The van der Waals surface area contributed by atoms with Gasteiger partial charge in [0.15, 0.2) is 0 Å². The lowest BCUT2D eigenvalue weighted by atomic mass is 9.98. The van der Waals surface area contributed by atoms with Gasteiger partial charge in [0.25, 0.3) is 5.91 Å². The van der Waals surface area contributed by atoms with Crippen molar-refractivity contribution in [3.8, 4) is 0 Å². The van der Waals surface area contributed by atoms with Gasteiger partial charge in [-0.25, -0.2) is 8.78 Å². The lowest BCUT2D eigenvalue weighted by molar-refractivity contribution is 0.0770. The first kappa shape index (κ1) is 16.6. The van der Waals surface area contributed by atoms with Crippen molar-refractivity contribution in [2.75, 3.05) is 13.1 Å². The van der Waals surface area contributed by atoms with E-state index in [2.05, 4.69) is 15.9 Å². The van der Waals surface area contributed by atoms with Crippen LogP contribution in [0.25, 0.3) is 0 Å². The Morgan fingerprint density at radius 3 is 2.43 bits per heavy atom. The third-order valence-electron chi connectivity index (χ3n) is 4.42. The third-order valence-corrected chi connectivity index (χ3v) is 4.88. The number of carbonyl (C=O) groups is 1. The number of likely N-dealkylation sites (tertiary alicyclic amines) is 1. The highest BCUT2D eigenvalue weighted by molar-refractivity contribution is 9.10. The SMILES string of the molecule is Cl.NC1CCC2CN(C(=O)c3c(F)cc(Br)cc3F)CC12. The minimum Gasteiger partial charge on any atom is -0.338 e. The average molecular weight is 382 g/mol. The molecule has 1 aromatic rings. The predicted molar refractivity (Wildman–Crippen MR) is 81.4 cm³/mol. The molecule has 3 unspecified atom stereocenters. The normalized spacial score (nSPS) is 27.4. The number of hydrogen-bond donors (Lipinski definition) is 1. The van der Waals surface area contributed by atoms with Crippen molar-refractivity contribution < 1.29 is 13.6 Å². The molecule has 1 aliphatic heterocycles. The quantitative estimate of drug-likeness (QED) is 0.813. The number of amides is 1. The average Bonchev–Trinajstić information content (AvgIpc) is 2.90. The van der Waals surface area contributed by atoms with Gasteiger partial charge in [0, 0.05) is 23.6 Å². The van der Waals surface area contributed by atoms with E-state index in [0.717, 1.165) is 25.0 Å². The molecule has 21 heavy (non-hydrogen) atoms. The highest BCUT2D eigenvalue weighted by atomic mass is 79.9. The Hall–Kier alpha value is -0.720. The van der Waals surface area contributed by atoms with Crippen molar-refractivity contribution >= 4 is 34.2 Å². The van der Waals surface area contributed by atoms with E-state index < -0.39 is 23.1 Å². The molecular formula is C14H16BrClF2N2O. The van der Waals surface area contributed by atoms with Crippen LogP contribution in [0.15, 0.2) is 16.6 Å². The van der Waals surface area contributed by atoms with E-state index in [9.17, 15) is 13.6 Å². The van der Waals surface area contributed by atoms with Crippen LogP contribution in [0.4, 0.5) is 8.78 Å². The maximum atomic E-state index is 13.8. The van der Waals surface area contributed by atoms with Crippen LogP contribution >= 0.6 is 28.3 Å². The molecule has 1 amide bonds. The second-order valence-corrected chi connectivity index (χ2v) is 6.54. The summed E-state index contributed by atoms with van der Waals surface area (Å²) in [6.45, 7) is 1.05. The van der Waals surface area contributed by atoms with Crippen molar-refractivity contribution in [2.24, 2.45) is 17.6 Å². The maximum Gasteiger partial charge on any atom is 0.259 e. The first-order valence-corrected chi connectivity index (χ1v) is 7.46. The van der Waals surface area contributed by atoms with E-state index in [1.807, 2.05) is 0 Å². The van der Waals surface area contributed by atoms with Crippen molar-refractivity contribution in [3.05, 3.63) is 33.8 Å². The number of fused-ring (bicyclic) bond motifs is 1. The maximum absolute atomic E-state index is 13.8. The second-order valence-electron chi connectivity index (χ2n) is 5.62. The minimum atomic E-state index is -0.830. The number of nitrogens with two attached hydrogens (primary N) is 1. The highest BCUT2D eigenvalue weighted by Gasteiger charge is 2.43. The molecule has 7 heteroatoms. The lowest BCUT2D eigenvalue weighted by Gasteiger charge is -2.19. The van der Waals surface area contributed by atoms with Crippen LogP contribution in [0.1, 0.15) is 23.2 Å². The molecule has 1 saturated carbocycles. The van der Waals surface area contributed by atoms with Crippen LogP contribution in [-0.2, 0) is 0 Å². The van der Waals surface area contributed by atoms with Crippen molar-refractivity contribution in [3.63, 3.8) is 0 Å². The number of rotatable bonds is 1. The summed E-state index contributed by atoms with van der Waals surface area (Å²) in [4.78, 5) is 13.9. The molecule has 1 aliphatic carbocycles. The molecule has 0 aromatic heterocycles. The van der Waals surface area contributed by atoms with E-state index in [4.69, 9.17) is 5.73 Å². The summed E-state index contributed by atoms with van der Waals surface area (Å²) >= 11 is 3.01. The molecule has 3 atom stereocenters. The zero-order valence-corrected chi connectivity index (χ0v) is 13.6. The van der Waals surface area contributed by atoms with E-state index >= 15 is 0 Å². The molecule has 1 saturated heterocycles. The Labute approximate surface area is 136 Å². The van der Waals surface area contributed by atoms with Crippen LogP contribution in [0.3, 0.4) is 0 Å². The smallest absolute Gasteiger partial charge is 0.259 e. The summed E-state index contributed by atoms with van der Waals surface area (Å²) in [6.07, 6.45) is 1.96. The van der Waals surface area contributed by atoms with Gasteiger partial charge in [0.1, 0.15) is 17.2 Å². The fourth-order valence-corrected chi connectivity index (χ4v) is 3.78. The minimum absolute atomic E-state index is 0. The number of carbonyl (C=O) groups excluding carboxylic acids is 1. The number of benzene rings is 1. The lowest BCUT2D eigenvalue weighted by Crippen LogP contribution is -2.34. The summed E-state index contributed by atoms with van der Waals surface area (Å²) < 4.78 is 28.0. The first-order valence-electron chi connectivity index (χ1n) is 6.66. The Balaban J connectivity index is 0.00000161. The van der Waals surface area contributed by atoms with Gasteiger partial charge in [-0.3, -0.25) is 4.79 Å². The van der Waals surface area contributed by atoms with Gasteiger partial charge in [-0.05, 0) is 36.8 Å². The fraction of sp³-hybridized carbons (Fsp3) is 0.500. The molecule has 1 heterocycles. The van der Waals surface area contributed by atoms with Crippen LogP contribution in [0.5, 0.6) is 0 Å². The van der Waals surface area contributed by atoms with Gasteiger partial charge in [0.2, 0.25) is 0 Å². The Morgan fingerprint density at radius 2 is 1.86 bits per heavy atom. The molecule has 0 bridgehead atoms. The molecule has 1 aromatic carbocycles. The number of halogens is 4. The standard InChI is InChI=1S/C14H15BrF2N2O.ClH/c15-8-3-10(16)13(11(17)4-8)14(20)19-5-7-1-2-12(18)9(7)6-19;/h3-4,7,9,12H,1-2,5-6,18H2;1H. The molecule has 0 spiro atoms. The van der Waals surface area contributed by atoms with E-state index in [0.29, 0.717) is 19.0 Å². The Morgan fingerprint density at radius 1 is 1.24 bits per heavy atom. The van der Waals surface area contributed by atoms with Crippen LogP contribution in [-0.4, -0.2) is 29.9 Å². The summed E-state index contributed by atoms with van der Waals surface area (Å²) in [6, 6.07) is 2.31. The molecular weight excluding hydrogens is 366 g/mol. The summed E-state index contributed by atoms with van der Waals surface area (Å²) in [5.41, 5.74) is 5.54. The first-order chi connectivity index (χ1) is 9.47. The van der Waals surface area contributed by atoms with Gasteiger partial charge < -0.3 is 10.6 Å². The monoisotopic (exact) mass is 380 g/mol. The van der Waals surface area contributed by atoms with Gasteiger partial charge >= 0.3 is 0 Å². The summed E-state index contributed by atoms with van der Waals surface area (Å²) in [7, 11) is 0. The van der Waals surface area contributed by atoms with E-state index in [-0.39, 0.29) is 28.8 Å². The number of hydrogen-bond acceptors (Lipinski definition) is 2. The largest absolute Gasteiger partial charge is 0.338 e. The fourth-order valence-electron chi connectivity index (χ4n) is 3.38. The molecule has 116 valence electrons. The van der Waals surface area contributed by atoms with Crippen molar-refractivity contribution in [2.45, 2.75) is 18.9 Å². The Bertz CT molecular complexity index is 549. The predicted octanol–water partition coefficient (Wildman–Crippen LogP) is 2.96. The van der Waals surface area contributed by atoms with Crippen LogP contribution < -0.4 is 5.73 Å². The van der Waals surface area contributed by atoms with Crippen molar-refractivity contribution in [1.29, 1.82) is 0 Å². The van der Waals surface area contributed by atoms with Gasteiger partial charge in [-0.1, -0.05) is 15.9 Å². The zero-order chi connectivity index (χ0) is 14.4. The van der Waals surface area contributed by atoms with Gasteiger partial charge in [-0.15, -0.1) is 12.4 Å². The Kier molecular flexibility index (Phi) is 4.90. The van der Waals surface area contributed by atoms with E-state index in [1.54, 1.807) is 0 Å². The summed E-state index contributed by atoms with van der Waals surface area (Å²) in [5, 5.41) is 0. The molecule has 0 radical (unpaired) electrons.